The maximum absolute atomic E-state index is 11.2. The highest BCUT2D eigenvalue weighted by Crippen LogP contribution is 2.38. The maximum atomic E-state index is 11.2. The third kappa shape index (κ3) is 3.96. The van der Waals surface area contributed by atoms with Crippen molar-refractivity contribution in [3.05, 3.63) is 32.9 Å². The number of carbonyl (C=O) groups excluding carboxylic acids is 1. The molecule has 0 aliphatic carbocycles. The van der Waals surface area contributed by atoms with Gasteiger partial charge in [-0.05, 0) is 34.5 Å². The first-order valence-corrected chi connectivity index (χ1v) is 8.47. The molecule has 24 heavy (non-hydrogen) atoms. The number of amides is 1. The molecular formula is C16H18BrClN4O2. The molecule has 3 N–H and O–H groups in total. The van der Waals surface area contributed by atoms with Gasteiger partial charge in [-0.3, -0.25) is 4.79 Å². The lowest BCUT2D eigenvalue weighted by molar-refractivity contribution is -0.119. The van der Waals surface area contributed by atoms with Crippen LogP contribution in [0.2, 0.25) is 5.02 Å². The molecule has 8 heteroatoms. The van der Waals surface area contributed by atoms with Gasteiger partial charge in [0.05, 0.1) is 34.5 Å². The van der Waals surface area contributed by atoms with E-state index in [1.807, 2.05) is 6.92 Å². The first-order valence-electron chi connectivity index (χ1n) is 7.30. The first kappa shape index (κ1) is 18.5. The Morgan fingerprint density at radius 1 is 1.42 bits per heavy atom. The number of carbonyl (C=O) groups is 1. The lowest BCUT2D eigenvalue weighted by Gasteiger charge is -2.15. The zero-order valence-corrected chi connectivity index (χ0v) is 16.0. The largest absolute Gasteiger partial charge is 0.496 e. The highest BCUT2D eigenvalue weighted by molar-refractivity contribution is 9.10. The Kier molecular flexibility index (Phi) is 6.01. The molecule has 1 aromatic carbocycles. The number of nitrogens with two attached hydrogens (primary N) is 1. The molecule has 1 amide bonds. The molecule has 0 spiro atoms. The van der Waals surface area contributed by atoms with Crippen LogP contribution < -0.4 is 15.8 Å². The number of nitrogens with one attached hydrogen (secondary N) is 1. The number of anilines is 1. The highest BCUT2D eigenvalue weighted by Gasteiger charge is 2.18. The third-order valence-corrected chi connectivity index (χ3v) is 4.40. The fourth-order valence-corrected chi connectivity index (χ4v) is 3.26. The van der Waals surface area contributed by atoms with E-state index in [1.54, 1.807) is 19.2 Å². The zero-order valence-electron chi connectivity index (χ0n) is 13.6. The quantitative estimate of drug-likeness (QED) is 0.784. The number of hydrogen-bond acceptors (Lipinski definition) is 5. The summed E-state index contributed by atoms with van der Waals surface area (Å²) in [5.74, 6) is 0.622. The number of ether oxygens (including phenoxy) is 1. The van der Waals surface area contributed by atoms with E-state index in [0.717, 1.165) is 10.0 Å². The minimum atomic E-state index is -0.140. The number of aromatic nitrogens is 2. The lowest BCUT2D eigenvalue weighted by Crippen LogP contribution is -2.21. The summed E-state index contributed by atoms with van der Waals surface area (Å²) in [5.41, 5.74) is 8.75. The molecule has 0 radical (unpaired) electrons. The van der Waals surface area contributed by atoms with Gasteiger partial charge in [-0.15, -0.1) is 0 Å². The predicted octanol–water partition coefficient (Wildman–Crippen LogP) is 3.35. The summed E-state index contributed by atoms with van der Waals surface area (Å²) in [6.07, 6.45) is 0.666. The molecular weight excluding hydrogens is 396 g/mol. The molecule has 2 rings (SSSR count). The van der Waals surface area contributed by atoms with Crippen molar-refractivity contribution >= 4 is 39.4 Å². The number of halogens is 2. The van der Waals surface area contributed by atoms with Crippen molar-refractivity contribution < 1.29 is 9.53 Å². The normalized spacial score (nSPS) is 10.5. The number of nitrogen functional groups attached to an aromatic ring is 1. The molecule has 0 aliphatic rings. The van der Waals surface area contributed by atoms with E-state index in [1.165, 1.54) is 6.92 Å². The predicted molar refractivity (Wildman–Crippen MR) is 98.0 cm³/mol. The minimum absolute atomic E-state index is 0.125. The topological polar surface area (TPSA) is 90.1 Å². The molecule has 0 unspecified atom stereocenters. The standard InChI is InChI=1S/C16H18BrClN4O2/c1-4-9-13(7-20-8(2)23)21-16(19)22-15(9)10-5-14(24-3)11(17)6-12(10)18/h5-6H,4,7H2,1-3H3,(H,20,23)(H2,19,21,22). The number of benzene rings is 1. The summed E-state index contributed by atoms with van der Waals surface area (Å²) in [6, 6.07) is 3.55. The molecule has 0 bridgehead atoms. The molecule has 0 aliphatic heterocycles. The molecule has 0 saturated carbocycles. The average Bonchev–Trinajstić information content (AvgIpc) is 2.52. The van der Waals surface area contributed by atoms with Gasteiger partial charge in [0.1, 0.15) is 5.75 Å². The van der Waals surface area contributed by atoms with Crippen LogP contribution in [0.5, 0.6) is 5.75 Å². The van der Waals surface area contributed by atoms with Crippen molar-refractivity contribution in [2.75, 3.05) is 12.8 Å². The number of hydrogen-bond donors (Lipinski definition) is 2. The number of nitrogens with zero attached hydrogens (tertiary/aromatic N) is 2. The summed E-state index contributed by atoms with van der Waals surface area (Å²) >= 11 is 9.80. The van der Waals surface area contributed by atoms with Gasteiger partial charge in [0.25, 0.3) is 0 Å². The van der Waals surface area contributed by atoms with Crippen LogP contribution in [-0.2, 0) is 17.8 Å². The van der Waals surface area contributed by atoms with Gasteiger partial charge in [-0.25, -0.2) is 9.97 Å². The van der Waals surface area contributed by atoms with E-state index in [4.69, 9.17) is 22.1 Å². The van der Waals surface area contributed by atoms with Crippen molar-refractivity contribution in [3.8, 4) is 17.0 Å². The van der Waals surface area contributed by atoms with Gasteiger partial charge >= 0.3 is 0 Å². The average molecular weight is 414 g/mol. The molecule has 0 fully saturated rings. The summed E-state index contributed by atoms with van der Waals surface area (Å²) in [5, 5.41) is 3.25. The van der Waals surface area contributed by atoms with E-state index in [9.17, 15) is 4.79 Å². The molecule has 0 saturated heterocycles. The van der Waals surface area contributed by atoms with E-state index < -0.39 is 0 Å². The van der Waals surface area contributed by atoms with Gasteiger partial charge in [0.15, 0.2) is 0 Å². The Hall–Kier alpha value is -1.86. The van der Waals surface area contributed by atoms with Crippen LogP contribution >= 0.6 is 27.5 Å². The fraction of sp³-hybridized carbons (Fsp3) is 0.312. The smallest absolute Gasteiger partial charge is 0.220 e. The van der Waals surface area contributed by atoms with Crippen molar-refractivity contribution in [1.82, 2.24) is 15.3 Å². The monoisotopic (exact) mass is 412 g/mol. The SMILES string of the molecule is CCc1c(CNC(C)=O)nc(N)nc1-c1cc(OC)c(Br)cc1Cl. The number of methoxy groups -OCH3 is 1. The van der Waals surface area contributed by atoms with Crippen LogP contribution in [0.4, 0.5) is 5.95 Å². The second kappa shape index (κ2) is 7.81. The van der Waals surface area contributed by atoms with Gasteiger partial charge in [0.2, 0.25) is 11.9 Å². The van der Waals surface area contributed by atoms with Crippen LogP contribution in [0.1, 0.15) is 25.1 Å². The fourth-order valence-electron chi connectivity index (χ4n) is 2.37. The molecule has 2 aromatic rings. The molecule has 6 nitrogen and oxygen atoms in total. The second-order valence-electron chi connectivity index (χ2n) is 5.09. The van der Waals surface area contributed by atoms with Crippen molar-refractivity contribution in [1.29, 1.82) is 0 Å². The van der Waals surface area contributed by atoms with Crippen LogP contribution in [0, 0.1) is 0 Å². The highest BCUT2D eigenvalue weighted by atomic mass is 79.9. The molecule has 1 heterocycles. The van der Waals surface area contributed by atoms with Crippen LogP contribution in [-0.4, -0.2) is 23.0 Å². The van der Waals surface area contributed by atoms with E-state index in [2.05, 4.69) is 31.2 Å². The van der Waals surface area contributed by atoms with Crippen LogP contribution in [0.15, 0.2) is 16.6 Å². The Morgan fingerprint density at radius 3 is 2.71 bits per heavy atom. The van der Waals surface area contributed by atoms with Crippen LogP contribution in [0.3, 0.4) is 0 Å². The molecule has 128 valence electrons. The van der Waals surface area contributed by atoms with Crippen molar-refractivity contribution in [2.24, 2.45) is 0 Å². The maximum Gasteiger partial charge on any atom is 0.220 e. The van der Waals surface area contributed by atoms with Crippen LogP contribution in [0.25, 0.3) is 11.3 Å². The zero-order chi connectivity index (χ0) is 17.9. The van der Waals surface area contributed by atoms with E-state index in [0.29, 0.717) is 34.1 Å². The Balaban J connectivity index is 2.63. The summed E-state index contributed by atoms with van der Waals surface area (Å²) < 4.78 is 6.09. The summed E-state index contributed by atoms with van der Waals surface area (Å²) in [4.78, 5) is 19.8. The minimum Gasteiger partial charge on any atom is -0.496 e. The summed E-state index contributed by atoms with van der Waals surface area (Å²) in [7, 11) is 1.58. The van der Waals surface area contributed by atoms with Crippen molar-refractivity contribution in [2.45, 2.75) is 26.8 Å². The third-order valence-electron chi connectivity index (χ3n) is 3.46. The summed E-state index contributed by atoms with van der Waals surface area (Å²) in [6.45, 7) is 3.72. The molecule has 1 aromatic heterocycles. The second-order valence-corrected chi connectivity index (χ2v) is 6.35. The van der Waals surface area contributed by atoms with Gasteiger partial charge in [-0.1, -0.05) is 18.5 Å². The lowest BCUT2D eigenvalue weighted by atomic mass is 10.0. The molecule has 0 atom stereocenters. The van der Waals surface area contributed by atoms with Gasteiger partial charge < -0.3 is 15.8 Å². The Morgan fingerprint density at radius 2 is 2.12 bits per heavy atom. The van der Waals surface area contributed by atoms with E-state index >= 15 is 0 Å². The number of rotatable bonds is 5. The van der Waals surface area contributed by atoms with Crippen molar-refractivity contribution in [3.63, 3.8) is 0 Å². The van der Waals surface area contributed by atoms with Gasteiger partial charge in [-0.2, -0.15) is 0 Å². The first-order chi connectivity index (χ1) is 11.4. The van der Waals surface area contributed by atoms with Gasteiger partial charge in [0, 0.05) is 18.1 Å². The Labute approximate surface area is 153 Å². The van der Waals surface area contributed by atoms with E-state index in [-0.39, 0.29) is 18.4 Å². The Bertz CT molecular complexity index is 783.